The minimum Gasteiger partial charge on any atom is -0.444 e. The number of benzene rings is 1. The van der Waals surface area contributed by atoms with Crippen molar-refractivity contribution in [1.82, 2.24) is 9.62 Å². The van der Waals surface area contributed by atoms with Gasteiger partial charge in [0.15, 0.2) is 0 Å². The van der Waals surface area contributed by atoms with Gasteiger partial charge in [0.25, 0.3) is 0 Å². The van der Waals surface area contributed by atoms with Gasteiger partial charge in [0.05, 0.1) is 21.8 Å². The van der Waals surface area contributed by atoms with Gasteiger partial charge in [-0.2, -0.15) is 0 Å². The number of amides is 1. The molecule has 1 aromatic rings. The lowest BCUT2D eigenvalue weighted by Gasteiger charge is -2.48. The molecule has 4 rings (SSSR count). The topological polar surface area (TPSA) is 58.6 Å². The fraction of sp³-hybridized carbons (Fsp3) is 0.708. The fourth-order valence-corrected chi connectivity index (χ4v) is 6.58. The van der Waals surface area contributed by atoms with Crippen LogP contribution in [0.3, 0.4) is 0 Å². The third-order valence-corrected chi connectivity index (χ3v) is 8.37. The van der Waals surface area contributed by atoms with Gasteiger partial charge in [0.1, 0.15) is 5.60 Å². The van der Waals surface area contributed by atoms with Gasteiger partial charge in [0, 0.05) is 12.1 Å². The molecular formula is C24H36N2O3S. The molecule has 2 bridgehead atoms. The number of rotatable bonds is 2. The van der Waals surface area contributed by atoms with E-state index in [1.54, 1.807) is 0 Å². The number of hydrogen-bond donors (Lipinski definition) is 1. The Morgan fingerprint density at radius 1 is 1.10 bits per heavy atom. The molecule has 5 atom stereocenters. The van der Waals surface area contributed by atoms with Crippen molar-refractivity contribution in [3.05, 3.63) is 35.4 Å². The van der Waals surface area contributed by atoms with E-state index in [9.17, 15) is 9.00 Å². The molecule has 1 aliphatic carbocycles. The first-order valence-electron chi connectivity index (χ1n) is 11.2. The third-order valence-electron chi connectivity index (χ3n) is 6.81. The summed E-state index contributed by atoms with van der Waals surface area (Å²) in [5.41, 5.74) is 2.14. The van der Waals surface area contributed by atoms with Gasteiger partial charge in [-0.3, -0.25) is 0 Å². The Kier molecular flexibility index (Phi) is 5.33. The molecule has 0 saturated carbocycles. The van der Waals surface area contributed by atoms with Crippen molar-refractivity contribution in [3.63, 3.8) is 0 Å². The maximum absolute atomic E-state index is 13.1. The summed E-state index contributed by atoms with van der Waals surface area (Å²) in [4.78, 5) is 14.9. The summed E-state index contributed by atoms with van der Waals surface area (Å²) in [6.07, 6.45) is 4.71. The van der Waals surface area contributed by atoms with Crippen LogP contribution in [-0.2, 0) is 22.1 Å². The largest absolute Gasteiger partial charge is 0.444 e. The fourth-order valence-electron chi connectivity index (χ4n) is 5.64. The van der Waals surface area contributed by atoms with Crippen LogP contribution in [0.4, 0.5) is 4.79 Å². The van der Waals surface area contributed by atoms with Crippen LogP contribution in [0.2, 0.25) is 0 Å². The number of piperidine rings is 1. The molecule has 166 valence electrons. The molecule has 1 unspecified atom stereocenters. The molecule has 2 fully saturated rings. The van der Waals surface area contributed by atoms with Gasteiger partial charge in [-0.05, 0) is 90.2 Å². The standard InChI is InChI=1S/C24H36N2O3S/c1-22(2,3)29-21(27)26-17-11-12-18(26)15-24(14-17)13-16-9-7-8-10-19(16)20(24)25-30(28)23(4,5)6/h7-10,17-18,20,25H,11-15H2,1-6H3/t17-,18+,20-,24?,30-/m1/s1. The zero-order chi connectivity index (χ0) is 21.9. The summed E-state index contributed by atoms with van der Waals surface area (Å²) in [6, 6.07) is 9.01. The van der Waals surface area contributed by atoms with Crippen LogP contribution in [0.25, 0.3) is 0 Å². The van der Waals surface area contributed by atoms with E-state index in [1.165, 1.54) is 11.1 Å². The number of fused-ring (bicyclic) bond motifs is 3. The van der Waals surface area contributed by atoms with E-state index in [-0.39, 0.29) is 34.4 Å². The second kappa shape index (κ2) is 7.33. The van der Waals surface area contributed by atoms with Crippen molar-refractivity contribution in [2.75, 3.05) is 0 Å². The molecule has 0 aromatic heterocycles. The Morgan fingerprint density at radius 2 is 1.70 bits per heavy atom. The highest BCUT2D eigenvalue weighted by Crippen LogP contribution is 2.58. The summed E-state index contributed by atoms with van der Waals surface area (Å²) < 4.78 is 22.0. The lowest BCUT2D eigenvalue weighted by molar-refractivity contribution is -0.0163. The quantitative estimate of drug-likeness (QED) is 0.724. The number of ether oxygens (including phenoxy) is 1. The molecule has 1 spiro atoms. The van der Waals surface area contributed by atoms with Crippen molar-refractivity contribution < 1.29 is 13.7 Å². The van der Waals surface area contributed by atoms with E-state index in [0.29, 0.717) is 0 Å². The average molecular weight is 433 g/mol. The van der Waals surface area contributed by atoms with E-state index < -0.39 is 16.6 Å². The predicted octanol–water partition coefficient (Wildman–Crippen LogP) is 4.88. The van der Waals surface area contributed by atoms with Crippen LogP contribution in [0.5, 0.6) is 0 Å². The van der Waals surface area contributed by atoms with Crippen LogP contribution in [0, 0.1) is 5.41 Å². The Morgan fingerprint density at radius 3 is 2.27 bits per heavy atom. The average Bonchev–Trinajstić information content (AvgIpc) is 3.05. The molecule has 30 heavy (non-hydrogen) atoms. The molecule has 1 aromatic carbocycles. The van der Waals surface area contributed by atoms with Crippen molar-refractivity contribution in [3.8, 4) is 0 Å². The minimum atomic E-state index is -1.15. The van der Waals surface area contributed by atoms with E-state index in [1.807, 2.05) is 46.4 Å². The monoisotopic (exact) mass is 432 g/mol. The summed E-state index contributed by atoms with van der Waals surface area (Å²) in [6.45, 7) is 11.8. The maximum Gasteiger partial charge on any atom is 0.410 e. The molecule has 3 aliphatic rings. The molecule has 1 amide bonds. The van der Waals surface area contributed by atoms with E-state index in [2.05, 4.69) is 29.0 Å². The lowest BCUT2D eigenvalue weighted by atomic mass is 9.70. The van der Waals surface area contributed by atoms with E-state index in [0.717, 1.165) is 32.1 Å². The zero-order valence-corrected chi connectivity index (χ0v) is 20.0. The summed E-state index contributed by atoms with van der Waals surface area (Å²) in [7, 11) is -1.15. The Balaban J connectivity index is 1.62. The maximum atomic E-state index is 13.1. The first-order valence-corrected chi connectivity index (χ1v) is 12.3. The number of nitrogens with one attached hydrogen (secondary N) is 1. The molecule has 0 radical (unpaired) electrons. The highest BCUT2D eigenvalue weighted by Gasteiger charge is 2.57. The van der Waals surface area contributed by atoms with Gasteiger partial charge in [-0.15, -0.1) is 0 Å². The SMILES string of the molecule is CC(C)(C)OC(=O)N1[C@@H]2CC[C@H]1CC1(Cc3ccccc3[C@H]1N[S@](=O)C(C)(C)C)C2. The molecule has 2 saturated heterocycles. The van der Waals surface area contributed by atoms with Gasteiger partial charge in [0.2, 0.25) is 0 Å². The first-order chi connectivity index (χ1) is 13.9. The number of carbonyl (C=O) groups is 1. The van der Waals surface area contributed by atoms with Crippen LogP contribution < -0.4 is 4.72 Å². The second-order valence-electron chi connectivity index (χ2n) is 11.4. The summed E-state index contributed by atoms with van der Waals surface area (Å²) in [5.74, 6) is 0. The van der Waals surface area contributed by atoms with Gasteiger partial charge in [-0.1, -0.05) is 24.3 Å². The van der Waals surface area contributed by atoms with Crippen LogP contribution in [0.15, 0.2) is 24.3 Å². The highest BCUT2D eigenvalue weighted by molar-refractivity contribution is 7.84. The van der Waals surface area contributed by atoms with Crippen LogP contribution in [0.1, 0.15) is 84.4 Å². The Labute approximate surface area is 183 Å². The van der Waals surface area contributed by atoms with Crippen LogP contribution >= 0.6 is 0 Å². The smallest absolute Gasteiger partial charge is 0.410 e. The minimum absolute atomic E-state index is 0.00502. The van der Waals surface area contributed by atoms with Crippen molar-refractivity contribution in [2.24, 2.45) is 5.41 Å². The van der Waals surface area contributed by atoms with Crippen molar-refractivity contribution in [2.45, 2.75) is 102 Å². The molecule has 2 aliphatic heterocycles. The molecule has 2 heterocycles. The van der Waals surface area contributed by atoms with Gasteiger partial charge in [-0.25, -0.2) is 13.7 Å². The van der Waals surface area contributed by atoms with Crippen molar-refractivity contribution >= 4 is 17.1 Å². The zero-order valence-electron chi connectivity index (χ0n) is 19.2. The number of carbonyl (C=O) groups excluding carboxylic acids is 1. The third kappa shape index (κ3) is 3.93. The highest BCUT2D eigenvalue weighted by atomic mass is 32.2. The first kappa shape index (κ1) is 21.8. The Hall–Kier alpha value is -1.40. The molecule has 1 N–H and O–H groups in total. The molecular weight excluding hydrogens is 396 g/mol. The normalized spacial score (nSPS) is 31.7. The molecule has 5 nitrogen and oxygen atoms in total. The summed E-state index contributed by atoms with van der Waals surface area (Å²) >= 11 is 0. The van der Waals surface area contributed by atoms with Gasteiger partial charge < -0.3 is 9.64 Å². The Bertz CT molecular complexity index is 841. The number of hydrogen-bond acceptors (Lipinski definition) is 3. The van der Waals surface area contributed by atoms with Crippen molar-refractivity contribution in [1.29, 1.82) is 0 Å². The lowest BCUT2D eigenvalue weighted by Crippen LogP contribution is -2.54. The number of nitrogens with zero attached hydrogens (tertiary/aromatic N) is 1. The van der Waals surface area contributed by atoms with Crippen LogP contribution in [-0.4, -0.2) is 37.6 Å². The summed E-state index contributed by atoms with van der Waals surface area (Å²) in [5, 5.41) is 0. The van der Waals surface area contributed by atoms with Gasteiger partial charge >= 0.3 is 6.09 Å². The second-order valence-corrected chi connectivity index (χ2v) is 13.3. The molecule has 6 heteroatoms. The van der Waals surface area contributed by atoms with E-state index in [4.69, 9.17) is 4.74 Å². The van der Waals surface area contributed by atoms with E-state index >= 15 is 0 Å². The predicted molar refractivity (Wildman–Crippen MR) is 120 cm³/mol.